The first-order valence-electron chi connectivity index (χ1n) is 10.1. The van der Waals surface area contributed by atoms with E-state index in [4.69, 9.17) is 0 Å². The molecule has 2 aromatic carbocycles. The van der Waals surface area contributed by atoms with E-state index in [1.807, 2.05) is 42.5 Å². The fraction of sp³-hybridized carbons (Fsp3) is 0.417. The second kappa shape index (κ2) is 8.59. The van der Waals surface area contributed by atoms with Crippen molar-refractivity contribution in [3.05, 3.63) is 59.7 Å². The van der Waals surface area contributed by atoms with E-state index in [2.05, 4.69) is 31.4 Å². The largest absolute Gasteiger partial charge is 0.326 e. The maximum atomic E-state index is 12.5. The minimum Gasteiger partial charge on any atom is -0.326 e. The monoisotopic (exact) mass is 378 g/mol. The van der Waals surface area contributed by atoms with Gasteiger partial charge in [0.15, 0.2) is 0 Å². The van der Waals surface area contributed by atoms with Crippen LogP contribution in [0.4, 0.5) is 11.4 Å². The van der Waals surface area contributed by atoms with Crippen LogP contribution < -0.4 is 10.6 Å². The number of amides is 2. The van der Waals surface area contributed by atoms with Crippen molar-refractivity contribution in [3.8, 4) is 0 Å². The standard InChI is InChI=1S/C24H30N2O2/c1-24(2,3)19-13-11-18(12-14-19)23(28)26-21-10-6-9-20(16-21)25-22(27)15-17-7-4-5-8-17/h6,9-14,16-17H,4-5,7-8,15H2,1-3H3,(H,25,27)(H,26,28). The average Bonchev–Trinajstić information content (AvgIpc) is 3.14. The highest BCUT2D eigenvalue weighted by Crippen LogP contribution is 2.28. The average molecular weight is 379 g/mol. The molecule has 0 spiro atoms. The molecule has 0 heterocycles. The van der Waals surface area contributed by atoms with Crippen molar-refractivity contribution in [3.63, 3.8) is 0 Å². The third-order valence-corrected chi connectivity index (χ3v) is 5.37. The van der Waals surface area contributed by atoms with E-state index in [0.29, 0.717) is 29.3 Å². The molecule has 0 unspecified atom stereocenters. The third-order valence-electron chi connectivity index (χ3n) is 5.37. The Morgan fingerprint density at radius 3 is 2.14 bits per heavy atom. The number of rotatable bonds is 5. The second-order valence-electron chi connectivity index (χ2n) is 8.77. The van der Waals surface area contributed by atoms with E-state index < -0.39 is 0 Å². The predicted molar refractivity (Wildman–Crippen MR) is 115 cm³/mol. The van der Waals surface area contributed by atoms with E-state index in [1.54, 1.807) is 6.07 Å². The summed E-state index contributed by atoms with van der Waals surface area (Å²) in [6.45, 7) is 6.44. The lowest BCUT2D eigenvalue weighted by Gasteiger charge is -2.19. The Balaban J connectivity index is 1.60. The van der Waals surface area contributed by atoms with Gasteiger partial charge in [-0.15, -0.1) is 0 Å². The van der Waals surface area contributed by atoms with Gasteiger partial charge < -0.3 is 10.6 Å². The van der Waals surface area contributed by atoms with Gasteiger partial charge in [0.05, 0.1) is 0 Å². The molecule has 1 aliphatic rings. The summed E-state index contributed by atoms with van der Waals surface area (Å²) in [6, 6.07) is 15.0. The first-order valence-corrected chi connectivity index (χ1v) is 10.1. The molecule has 2 N–H and O–H groups in total. The summed E-state index contributed by atoms with van der Waals surface area (Å²) < 4.78 is 0. The van der Waals surface area contributed by atoms with Gasteiger partial charge in [0, 0.05) is 23.4 Å². The summed E-state index contributed by atoms with van der Waals surface area (Å²) in [4.78, 5) is 24.8. The second-order valence-corrected chi connectivity index (χ2v) is 8.77. The Kier molecular flexibility index (Phi) is 6.18. The number of nitrogens with one attached hydrogen (secondary N) is 2. The van der Waals surface area contributed by atoms with Crippen LogP contribution in [0.3, 0.4) is 0 Å². The fourth-order valence-corrected chi connectivity index (χ4v) is 3.69. The molecule has 0 saturated heterocycles. The van der Waals surface area contributed by atoms with Crippen LogP contribution in [0.1, 0.15) is 68.8 Å². The minimum absolute atomic E-state index is 0.0492. The minimum atomic E-state index is -0.158. The van der Waals surface area contributed by atoms with Crippen molar-refractivity contribution >= 4 is 23.2 Å². The summed E-state index contributed by atoms with van der Waals surface area (Å²) in [5.74, 6) is 0.405. The summed E-state index contributed by atoms with van der Waals surface area (Å²) in [5, 5.41) is 5.87. The normalized spacial score (nSPS) is 14.7. The van der Waals surface area contributed by atoms with Gasteiger partial charge in [0.2, 0.25) is 5.91 Å². The molecule has 1 aliphatic carbocycles. The molecule has 0 atom stereocenters. The predicted octanol–water partition coefficient (Wildman–Crippen LogP) is 5.76. The van der Waals surface area contributed by atoms with Crippen molar-refractivity contribution in [2.24, 2.45) is 5.92 Å². The van der Waals surface area contributed by atoms with Gasteiger partial charge in [0.1, 0.15) is 0 Å². The summed E-state index contributed by atoms with van der Waals surface area (Å²) >= 11 is 0. The van der Waals surface area contributed by atoms with Crippen LogP contribution in [0.25, 0.3) is 0 Å². The molecule has 148 valence electrons. The number of carbonyl (C=O) groups excluding carboxylic acids is 2. The molecule has 0 bridgehead atoms. The Labute approximate surface area is 167 Å². The maximum absolute atomic E-state index is 12.5. The Bertz CT molecular complexity index is 828. The number of hydrogen-bond acceptors (Lipinski definition) is 2. The SMILES string of the molecule is CC(C)(C)c1ccc(C(=O)Nc2cccc(NC(=O)CC3CCCC3)c2)cc1. The fourth-order valence-electron chi connectivity index (χ4n) is 3.69. The van der Waals surface area contributed by atoms with Gasteiger partial charge in [0.25, 0.3) is 5.91 Å². The van der Waals surface area contributed by atoms with Gasteiger partial charge in [-0.05, 0) is 60.1 Å². The first-order chi connectivity index (χ1) is 13.3. The molecule has 0 aromatic heterocycles. The quantitative estimate of drug-likeness (QED) is 0.695. The lowest BCUT2D eigenvalue weighted by molar-refractivity contribution is -0.117. The third kappa shape index (κ3) is 5.44. The van der Waals surface area contributed by atoms with Crippen LogP contribution >= 0.6 is 0 Å². The molecule has 2 amide bonds. The van der Waals surface area contributed by atoms with E-state index in [0.717, 1.165) is 12.8 Å². The van der Waals surface area contributed by atoms with E-state index in [9.17, 15) is 9.59 Å². The summed E-state index contributed by atoms with van der Waals surface area (Å²) in [5.41, 5.74) is 3.24. The van der Waals surface area contributed by atoms with Crippen molar-refractivity contribution in [1.82, 2.24) is 0 Å². The Morgan fingerprint density at radius 1 is 0.929 bits per heavy atom. The molecule has 1 fully saturated rings. The zero-order chi connectivity index (χ0) is 20.1. The molecule has 4 heteroatoms. The highest BCUT2D eigenvalue weighted by atomic mass is 16.2. The van der Waals surface area contributed by atoms with Crippen LogP contribution in [-0.4, -0.2) is 11.8 Å². The van der Waals surface area contributed by atoms with Crippen molar-refractivity contribution in [2.45, 2.75) is 58.3 Å². The highest BCUT2D eigenvalue weighted by Gasteiger charge is 2.18. The van der Waals surface area contributed by atoms with Crippen LogP contribution in [-0.2, 0) is 10.2 Å². The molecule has 4 nitrogen and oxygen atoms in total. The van der Waals surface area contributed by atoms with Crippen LogP contribution in [0.5, 0.6) is 0 Å². The zero-order valence-corrected chi connectivity index (χ0v) is 17.0. The number of hydrogen-bond donors (Lipinski definition) is 2. The van der Waals surface area contributed by atoms with Gasteiger partial charge in [-0.1, -0.05) is 51.8 Å². The number of anilines is 2. The molecule has 3 rings (SSSR count). The van der Waals surface area contributed by atoms with E-state index in [-0.39, 0.29) is 17.2 Å². The summed E-state index contributed by atoms with van der Waals surface area (Å²) in [7, 11) is 0. The molecule has 0 radical (unpaired) electrons. The summed E-state index contributed by atoms with van der Waals surface area (Å²) in [6.07, 6.45) is 5.35. The maximum Gasteiger partial charge on any atom is 0.255 e. The van der Waals surface area contributed by atoms with Gasteiger partial charge in [-0.25, -0.2) is 0 Å². The molecular weight excluding hydrogens is 348 g/mol. The first kappa shape index (κ1) is 20.1. The smallest absolute Gasteiger partial charge is 0.255 e. The van der Waals surface area contributed by atoms with Crippen molar-refractivity contribution in [2.75, 3.05) is 10.6 Å². The van der Waals surface area contributed by atoms with Crippen LogP contribution in [0, 0.1) is 5.92 Å². The number of carbonyl (C=O) groups is 2. The van der Waals surface area contributed by atoms with Crippen LogP contribution in [0.15, 0.2) is 48.5 Å². The Morgan fingerprint density at radius 2 is 1.54 bits per heavy atom. The highest BCUT2D eigenvalue weighted by molar-refractivity contribution is 6.04. The lowest BCUT2D eigenvalue weighted by atomic mass is 9.87. The van der Waals surface area contributed by atoms with Gasteiger partial charge >= 0.3 is 0 Å². The zero-order valence-electron chi connectivity index (χ0n) is 17.0. The molecular formula is C24H30N2O2. The van der Waals surface area contributed by atoms with Crippen molar-refractivity contribution < 1.29 is 9.59 Å². The molecule has 1 saturated carbocycles. The molecule has 28 heavy (non-hydrogen) atoms. The van der Waals surface area contributed by atoms with Crippen LogP contribution in [0.2, 0.25) is 0 Å². The van der Waals surface area contributed by atoms with E-state index >= 15 is 0 Å². The van der Waals surface area contributed by atoms with Crippen molar-refractivity contribution in [1.29, 1.82) is 0 Å². The van der Waals surface area contributed by atoms with E-state index in [1.165, 1.54) is 18.4 Å². The topological polar surface area (TPSA) is 58.2 Å². The Hall–Kier alpha value is -2.62. The lowest BCUT2D eigenvalue weighted by Crippen LogP contribution is -2.16. The van der Waals surface area contributed by atoms with Gasteiger partial charge in [-0.3, -0.25) is 9.59 Å². The molecule has 2 aromatic rings. The molecule has 0 aliphatic heterocycles. The van der Waals surface area contributed by atoms with Gasteiger partial charge in [-0.2, -0.15) is 0 Å². The number of benzene rings is 2.